The first-order valence-electron chi connectivity index (χ1n) is 9.40. The van der Waals surface area contributed by atoms with Gasteiger partial charge in [0.05, 0.1) is 0 Å². The number of benzene rings is 2. The third-order valence-electron chi connectivity index (χ3n) is 4.16. The molecule has 3 amide bonds. The van der Waals surface area contributed by atoms with Crippen molar-refractivity contribution in [1.82, 2.24) is 10.5 Å². The summed E-state index contributed by atoms with van der Waals surface area (Å²) in [6.07, 6.45) is 0. The van der Waals surface area contributed by atoms with E-state index in [1.807, 2.05) is 20.8 Å². The average molecular weight is 408 g/mol. The molecule has 1 heterocycles. The van der Waals surface area contributed by atoms with Crippen molar-refractivity contribution in [2.45, 2.75) is 26.2 Å². The zero-order valence-corrected chi connectivity index (χ0v) is 17.3. The van der Waals surface area contributed by atoms with Gasteiger partial charge in [-0.2, -0.15) is 0 Å². The smallest absolute Gasteiger partial charge is 0.324 e. The number of urea groups is 1. The lowest BCUT2D eigenvalue weighted by atomic mass is 9.93. The van der Waals surface area contributed by atoms with Gasteiger partial charge in [0.25, 0.3) is 5.91 Å². The lowest BCUT2D eigenvalue weighted by molar-refractivity contribution is 0.0962. The van der Waals surface area contributed by atoms with Crippen molar-refractivity contribution >= 4 is 23.4 Å². The number of aromatic nitrogens is 1. The Labute approximate surface area is 174 Å². The van der Waals surface area contributed by atoms with Crippen LogP contribution in [0.2, 0.25) is 0 Å². The van der Waals surface area contributed by atoms with Crippen LogP contribution in [0.3, 0.4) is 0 Å². The number of nitrogens with one attached hydrogen (secondary N) is 3. The van der Waals surface area contributed by atoms with Crippen molar-refractivity contribution in [1.29, 1.82) is 0 Å². The van der Waals surface area contributed by atoms with E-state index >= 15 is 0 Å². The van der Waals surface area contributed by atoms with Crippen molar-refractivity contribution < 1.29 is 18.8 Å². The number of carbonyl (C=O) groups excluding carboxylic acids is 2. The topological polar surface area (TPSA) is 105 Å². The number of rotatable bonds is 5. The number of hydrogen-bond donors (Lipinski definition) is 3. The third-order valence-corrected chi connectivity index (χ3v) is 4.16. The maximum atomic E-state index is 12.2. The standard InChI is InChI=1S/C22H24N4O4/c1-22(2,3)18-13-19(26-30-18)25-21(28)24-15-8-10-16(11-9-15)29-17-7-5-6-14(12-17)20(27)23-4/h5-13H,1-4H3,(H,23,27)(H2,24,25,26,28). The fourth-order valence-corrected chi connectivity index (χ4v) is 2.55. The van der Waals surface area contributed by atoms with E-state index in [0.717, 1.165) is 0 Å². The Morgan fingerprint density at radius 1 is 0.967 bits per heavy atom. The summed E-state index contributed by atoms with van der Waals surface area (Å²) in [6, 6.07) is 15.0. The van der Waals surface area contributed by atoms with Crippen LogP contribution in [0.25, 0.3) is 0 Å². The monoisotopic (exact) mass is 408 g/mol. The number of hydrogen-bond acceptors (Lipinski definition) is 5. The number of carbonyl (C=O) groups is 2. The molecule has 3 aromatic rings. The normalized spacial score (nSPS) is 10.9. The molecule has 0 aliphatic heterocycles. The largest absolute Gasteiger partial charge is 0.457 e. The van der Waals surface area contributed by atoms with E-state index in [-0.39, 0.29) is 11.3 Å². The van der Waals surface area contributed by atoms with Crippen LogP contribution in [-0.2, 0) is 5.41 Å². The molecule has 0 fully saturated rings. The van der Waals surface area contributed by atoms with Gasteiger partial charge in [-0.1, -0.05) is 32.0 Å². The van der Waals surface area contributed by atoms with Crippen LogP contribution in [0.5, 0.6) is 11.5 Å². The summed E-state index contributed by atoms with van der Waals surface area (Å²) in [4.78, 5) is 23.9. The molecule has 8 heteroatoms. The highest BCUT2D eigenvalue weighted by molar-refractivity contribution is 5.99. The minimum absolute atomic E-state index is 0.187. The Kier molecular flexibility index (Phi) is 6.06. The minimum atomic E-state index is -0.435. The average Bonchev–Trinajstić information content (AvgIpc) is 3.18. The number of amides is 3. The summed E-state index contributed by atoms with van der Waals surface area (Å²) in [5.74, 6) is 1.94. The molecule has 0 saturated heterocycles. The van der Waals surface area contributed by atoms with Gasteiger partial charge >= 0.3 is 6.03 Å². The summed E-state index contributed by atoms with van der Waals surface area (Å²) in [7, 11) is 1.57. The Balaban J connectivity index is 1.58. The molecule has 0 aliphatic rings. The summed E-state index contributed by atoms with van der Waals surface area (Å²) >= 11 is 0. The quantitative estimate of drug-likeness (QED) is 0.564. The first-order chi connectivity index (χ1) is 14.2. The summed E-state index contributed by atoms with van der Waals surface area (Å²) in [6.45, 7) is 5.99. The summed E-state index contributed by atoms with van der Waals surface area (Å²) < 4.78 is 11.0. The maximum absolute atomic E-state index is 12.2. The number of nitrogens with zero attached hydrogens (tertiary/aromatic N) is 1. The van der Waals surface area contributed by atoms with E-state index in [2.05, 4.69) is 21.1 Å². The van der Waals surface area contributed by atoms with E-state index in [1.165, 1.54) is 0 Å². The van der Waals surface area contributed by atoms with Gasteiger partial charge in [0.15, 0.2) is 5.82 Å². The van der Waals surface area contributed by atoms with Gasteiger partial charge in [0.2, 0.25) is 0 Å². The molecule has 0 radical (unpaired) electrons. The molecule has 0 saturated carbocycles. The second-order valence-corrected chi connectivity index (χ2v) is 7.64. The molecule has 2 aromatic carbocycles. The SMILES string of the molecule is CNC(=O)c1cccc(Oc2ccc(NC(=O)Nc3cc(C(C)(C)C)on3)cc2)c1. The van der Waals surface area contributed by atoms with E-state index in [0.29, 0.717) is 34.3 Å². The molecule has 3 rings (SSSR count). The zero-order valence-electron chi connectivity index (χ0n) is 17.3. The highest BCUT2D eigenvalue weighted by atomic mass is 16.5. The van der Waals surface area contributed by atoms with Crippen LogP contribution >= 0.6 is 0 Å². The van der Waals surface area contributed by atoms with Crippen molar-refractivity contribution in [3.8, 4) is 11.5 Å². The minimum Gasteiger partial charge on any atom is -0.457 e. The Morgan fingerprint density at radius 2 is 1.70 bits per heavy atom. The van der Waals surface area contributed by atoms with Crippen LogP contribution in [0.4, 0.5) is 16.3 Å². The van der Waals surface area contributed by atoms with Crippen molar-refractivity contribution in [3.63, 3.8) is 0 Å². The lowest BCUT2D eigenvalue weighted by Gasteiger charge is -2.12. The van der Waals surface area contributed by atoms with E-state index in [9.17, 15) is 9.59 Å². The first kappa shape index (κ1) is 20.9. The van der Waals surface area contributed by atoms with Crippen LogP contribution < -0.4 is 20.7 Å². The van der Waals surface area contributed by atoms with E-state index in [4.69, 9.17) is 9.26 Å². The van der Waals surface area contributed by atoms with Gasteiger partial charge < -0.3 is 19.9 Å². The van der Waals surface area contributed by atoms with Crippen molar-refractivity contribution in [2.75, 3.05) is 17.7 Å². The van der Waals surface area contributed by atoms with Crippen molar-refractivity contribution in [2.24, 2.45) is 0 Å². The van der Waals surface area contributed by atoms with Crippen LogP contribution in [-0.4, -0.2) is 24.1 Å². The van der Waals surface area contributed by atoms with Gasteiger partial charge in [-0.3, -0.25) is 10.1 Å². The second-order valence-electron chi connectivity index (χ2n) is 7.64. The molecule has 8 nitrogen and oxygen atoms in total. The first-order valence-corrected chi connectivity index (χ1v) is 9.40. The molecule has 156 valence electrons. The zero-order chi connectivity index (χ0) is 21.7. The molecule has 30 heavy (non-hydrogen) atoms. The van der Waals surface area contributed by atoms with Gasteiger partial charge in [0, 0.05) is 29.8 Å². The third kappa shape index (κ3) is 5.38. The lowest BCUT2D eigenvalue weighted by Crippen LogP contribution is -2.19. The fourth-order valence-electron chi connectivity index (χ4n) is 2.55. The van der Waals surface area contributed by atoms with Crippen LogP contribution in [0.1, 0.15) is 36.9 Å². The second kappa shape index (κ2) is 8.69. The number of ether oxygens (including phenoxy) is 1. The predicted molar refractivity (Wildman–Crippen MR) is 114 cm³/mol. The van der Waals surface area contributed by atoms with Gasteiger partial charge in [-0.05, 0) is 42.5 Å². The number of anilines is 2. The molecule has 0 unspecified atom stereocenters. The van der Waals surface area contributed by atoms with Crippen LogP contribution in [0, 0.1) is 0 Å². The van der Waals surface area contributed by atoms with Gasteiger partial charge in [0.1, 0.15) is 17.3 Å². The highest BCUT2D eigenvalue weighted by Gasteiger charge is 2.20. The van der Waals surface area contributed by atoms with Crippen molar-refractivity contribution in [3.05, 3.63) is 65.9 Å². The molecular weight excluding hydrogens is 384 g/mol. The van der Waals surface area contributed by atoms with Crippen LogP contribution in [0.15, 0.2) is 59.1 Å². The maximum Gasteiger partial charge on any atom is 0.324 e. The summed E-state index contributed by atoms with van der Waals surface area (Å²) in [5, 5.41) is 11.8. The fraction of sp³-hybridized carbons (Fsp3) is 0.227. The molecule has 0 atom stereocenters. The Bertz CT molecular complexity index is 1040. The molecule has 1 aromatic heterocycles. The molecule has 0 bridgehead atoms. The molecule has 3 N–H and O–H groups in total. The van der Waals surface area contributed by atoms with Gasteiger partial charge in [-0.15, -0.1) is 0 Å². The highest BCUT2D eigenvalue weighted by Crippen LogP contribution is 2.25. The van der Waals surface area contributed by atoms with E-state index < -0.39 is 6.03 Å². The summed E-state index contributed by atoms with van der Waals surface area (Å²) in [5.41, 5.74) is 0.893. The van der Waals surface area contributed by atoms with E-state index in [1.54, 1.807) is 61.6 Å². The molecular formula is C22H24N4O4. The molecule has 0 aliphatic carbocycles. The Hall–Kier alpha value is -3.81. The predicted octanol–water partition coefficient (Wildman–Crippen LogP) is 4.77. The van der Waals surface area contributed by atoms with Gasteiger partial charge in [-0.25, -0.2) is 4.79 Å². The molecule has 0 spiro atoms. The Morgan fingerprint density at radius 3 is 2.33 bits per heavy atom.